The smallest absolute Gasteiger partial charge is 0.349 e. The van der Waals surface area contributed by atoms with Gasteiger partial charge in [-0.2, -0.15) is 0 Å². The third-order valence-corrected chi connectivity index (χ3v) is 5.09. The highest BCUT2D eigenvalue weighted by molar-refractivity contribution is 9.10. The summed E-state index contributed by atoms with van der Waals surface area (Å²) >= 11 is 6.79. The molecule has 0 fully saturated rings. The molecule has 1 N–H and O–H groups in total. The summed E-state index contributed by atoms with van der Waals surface area (Å²) in [4.78, 5) is 13.3. The molecule has 8 heteroatoms. The number of ether oxygens (including phenoxy) is 1. The Labute approximate surface area is 177 Å². The molecule has 0 amide bonds. The van der Waals surface area contributed by atoms with E-state index in [1.165, 1.54) is 4.80 Å². The van der Waals surface area contributed by atoms with Gasteiger partial charge >= 0.3 is 5.97 Å². The molecule has 140 valence electrons. The first-order valence-corrected chi connectivity index (χ1v) is 9.87. The highest BCUT2D eigenvalue weighted by Crippen LogP contribution is 2.31. The van der Waals surface area contributed by atoms with Crippen molar-refractivity contribution in [2.24, 2.45) is 0 Å². The van der Waals surface area contributed by atoms with Gasteiger partial charge in [0.15, 0.2) is 0 Å². The van der Waals surface area contributed by atoms with Crippen LogP contribution < -0.4 is 4.74 Å². The van der Waals surface area contributed by atoms with Crippen LogP contribution in [0.5, 0.6) is 5.75 Å². The molecule has 4 rings (SSSR count). The number of halogens is 2. The van der Waals surface area contributed by atoms with Crippen LogP contribution in [-0.2, 0) is 4.79 Å². The van der Waals surface area contributed by atoms with Crippen molar-refractivity contribution in [3.05, 3.63) is 81.2 Å². The van der Waals surface area contributed by atoms with E-state index in [4.69, 9.17) is 4.74 Å². The van der Waals surface area contributed by atoms with Gasteiger partial charge < -0.3 is 9.84 Å². The van der Waals surface area contributed by atoms with Gasteiger partial charge in [-0.15, -0.1) is 15.0 Å². The Morgan fingerprint density at radius 3 is 2.14 bits per heavy atom. The Balaban J connectivity index is 1.77. The van der Waals surface area contributed by atoms with Gasteiger partial charge in [-0.3, -0.25) is 0 Å². The van der Waals surface area contributed by atoms with Crippen molar-refractivity contribution in [3.8, 4) is 11.4 Å². The van der Waals surface area contributed by atoms with Crippen LogP contribution in [-0.4, -0.2) is 26.1 Å². The van der Waals surface area contributed by atoms with Gasteiger partial charge in [-0.25, -0.2) is 4.79 Å². The molecule has 28 heavy (non-hydrogen) atoms. The number of aromatic nitrogens is 3. The quantitative estimate of drug-likeness (QED) is 0.408. The fourth-order valence-electron chi connectivity index (χ4n) is 2.74. The first-order chi connectivity index (χ1) is 13.5. The Bertz CT molecular complexity index is 1130. The van der Waals surface area contributed by atoms with Gasteiger partial charge in [0.25, 0.3) is 0 Å². The average Bonchev–Trinajstić information content (AvgIpc) is 3.11. The summed E-state index contributed by atoms with van der Waals surface area (Å²) in [5.74, 6) is -0.728. The van der Waals surface area contributed by atoms with Crippen molar-refractivity contribution in [1.29, 1.82) is 0 Å². The van der Waals surface area contributed by atoms with Crippen LogP contribution >= 0.6 is 31.9 Å². The lowest BCUT2D eigenvalue weighted by Gasteiger charge is -2.18. The maximum atomic E-state index is 11.9. The molecule has 1 heterocycles. The highest BCUT2D eigenvalue weighted by Gasteiger charge is 2.24. The van der Waals surface area contributed by atoms with Crippen molar-refractivity contribution >= 4 is 48.9 Å². The van der Waals surface area contributed by atoms with E-state index in [9.17, 15) is 9.90 Å². The van der Waals surface area contributed by atoms with Crippen LogP contribution in [0, 0.1) is 0 Å². The number of rotatable bonds is 5. The van der Waals surface area contributed by atoms with Crippen LogP contribution in [0.2, 0.25) is 0 Å². The second-order valence-electron chi connectivity index (χ2n) is 5.98. The summed E-state index contributed by atoms with van der Waals surface area (Å²) in [7, 11) is 0. The normalized spacial score (nSPS) is 12.1. The molecular formula is C20H13Br2N3O3. The lowest BCUT2D eigenvalue weighted by atomic mass is 10.1. The number of fused-ring (bicyclic) bond motifs is 1. The fourth-order valence-corrected chi connectivity index (χ4v) is 3.35. The van der Waals surface area contributed by atoms with Gasteiger partial charge in [-0.1, -0.05) is 56.1 Å². The van der Waals surface area contributed by atoms with E-state index in [-0.39, 0.29) is 0 Å². The molecule has 0 saturated heterocycles. The monoisotopic (exact) mass is 501 g/mol. The minimum absolute atomic E-state index is 0.360. The van der Waals surface area contributed by atoms with Gasteiger partial charge in [0.05, 0.1) is 0 Å². The van der Waals surface area contributed by atoms with Gasteiger partial charge in [0.1, 0.15) is 22.5 Å². The minimum Gasteiger partial charge on any atom is -0.478 e. The molecule has 4 aromatic rings. The zero-order valence-electron chi connectivity index (χ0n) is 14.3. The van der Waals surface area contributed by atoms with E-state index in [0.717, 1.165) is 20.0 Å². The third-order valence-electron chi connectivity index (χ3n) is 4.06. The van der Waals surface area contributed by atoms with E-state index >= 15 is 0 Å². The van der Waals surface area contributed by atoms with Crippen molar-refractivity contribution in [3.63, 3.8) is 0 Å². The van der Waals surface area contributed by atoms with E-state index < -0.39 is 12.1 Å². The first kappa shape index (κ1) is 18.6. The Morgan fingerprint density at radius 2 is 1.54 bits per heavy atom. The molecule has 0 aliphatic carbocycles. The molecule has 3 aromatic carbocycles. The molecule has 1 atom stereocenters. The van der Waals surface area contributed by atoms with Crippen LogP contribution in [0.4, 0.5) is 0 Å². The van der Waals surface area contributed by atoms with Crippen LogP contribution in [0.25, 0.3) is 16.7 Å². The molecule has 0 saturated carbocycles. The summed E-state index contributed by atoms with van der Waals surface area (Å²) in [5, 5.41) is 18.6. The largest absolute Gasteiger partial charge is 0.478 e. The number of carboxylic acid groups (broad SMARTS) is 1. The predicted octanol–water partition coefficient (Wildman–Crippen LogP) is 5.15. The lowest BCUT2D eigenvalue weighted by Crippen LogP contribution is -2.19. The molecule has 0 aliphatic rings. The van der Waals surface area contributed by atoms with E-state index in [2.05, 4.69) is 42.1 Å². The summed E-state index contributed by atoms with van der Waals surface area (Å²) in [6, 6.07) is 19.7. The maximum Gasteiger partial charge on any atom is 0.349 e. The van der Waals surface area contributed by atoms with E-state index in [1.54, 1.807) is 42.5 Å². The highest BCUT2D eigenvalue weighted by atomic mass is 79.9. The molecule has 6 nitrogen and oxygen atoms in total. The van der Waals surface area contributed by atoms with Crippen molar-refractivity contribution in [2.75, 3.05) is 0 Å². The average molecular weight is 503 g/mol. The zero-order chi connectivity index (χ0) is 19.7. The summed E-state index contributed by atoms with van der Waals surface area (Å²) in [6.45, 7) is 0. The standard InChI is InChI=1S/C20H13Br2N3O3/c21-13-7-5-12(6-8-13)19(20(26)27)28-18-10-9-14(22)11-17(18)25-23-15-3-1-2-4-16(15)24-25/h1-11,19H,(H,26,27). The second-order valence-corrected chi connectivity index (χ2v) is 7.81. The number of benzene rings is 3. The van der Waals surface area contributed by atoms with Crippen molar-refractivity contribution < 1.29 is 14.6 Å². The van der Waals surface area contributed by atoms with Gasteiger partial charge in [0, 0.05) is 14.5 Å². The lowest BCUT2D eigenvalue weighted by molar-refractivity contribution is -0.145. The zero-order valence-corrected chi connectivity index (χ0v) is 17.5. The summed E-state index contributed by atoms with van der Waals surface area (Å²) < 4.78 is 7.56. The molecule has 1 unspecified atom stereocenters. The van der Waals surface area contributed by atoms with Crippen molar-refractivity contribution in [1.82, 2.24) is 15.0 Å². The number of carbonyl (C=O) groups is 1. The Kier molecular flexibility index (Phi) is 5.15. The third kappa shape index (κ3) is 3.79. The first-order valence-electron chi connectivity index (χ1n) is 8.28. The minimum atomic E-state index is -1.17. The number of aliphatic carboxylic acids is 1. The van der Waals surface area contributed by atoms with E-state index in [0.29, 0.717) is 17.0 Å². The van der Waals surface area contributed by atoms with Crippen LogP contribution in [0.15, 0.2) is 75.7 Å². The molecule has 0 aliphatic heterocycles. The molecule has 0 bridgehead atoms. The fraction of sp³-hybridized carbons (Fsp3) is 0.0500. The topological polar surface area (TPSA) is 77.2 Å². The van der Waals surface area contributed by atoms with Gasteiger partial charge in [0.2, 0.25) is 6.10 Å². The molecular weight excluding hydrogens is 490 g/mol. The number of carboxylic acids is 1. The number of hydrogen-bond acceptors (Lipinski definition) is 4. The van der Waals surface area contributed by atoms with Crippen LogP contribution in [0.1, 0.15) is 11.7 Å². The molecule has 0 spiro atoms. The maximum absolute atomic E-state index is 11.9. The Hall–Kier alpha value is -2.71. The number of nitrogens with zero attached hydrogens (tertiary/aromatic N) is 3. The van der Waals surface area contributed by atoms with Crippen LogP contribution in [0.3, 0.4) is 0 Å². The second kappa shape index (κ2) is 7.73. The van der Waals surface area contributed by atoms with Crippen molar-refractivity contribution in [2.45, 2.75) is 6.10 Å². The number of hydrogen-bond donors (Lipinski definition) is 1. The van der Waals surface area contributed by atoms with E-state index in [1.807, 2.05) is 24.3 Å². The summed E-state index contributed by atoms with van der Waals surface area (Å²) in [5.41, 5.74) is 2.53. The molecule has 0 radical (unpaired) electrons. The molecule has 1 aromatic heterocycles. The Morgan fingerprint density at radius 1 is 0.929 bits per heavy atom. The summed E-state index contributed by atoms with van der Waals surface area (Å²) in [6.07, 6.45) is -1.17. The SMILES string of the molecule is O=C(O)C(Oc1ccc(Br)cc1-n1nc2ccccc2n1)c1ccc(Br)cc1. The van der Waals surface area contributed by atoms with Gasteiger partial charge in [-0.05, 0) is 42.5 Å². The predicted molar refractivity (Wildman–Crippen MR) is 112 cm³/mol.